The van der Waals surface area contributed by atoms with Crippen LogP contribution in [0.2, 0.25) is 0 Å². The van der Waals surface area contributed by atoms with Gasteiger partial charge in [-0.15, -0.1) is 0 Å². The number of hydrogen-bond donors (Lipinski definition) is 0. The number of ketones is 1. The number of carbonyl (C=O) groups is 4. The lowest BCUT2D eigenvalue weighted by Gasteiger charge is -2.15. The van der Waals surface area contributed by atoms with Gasteiger partial charge in [-0.3, -0.25) is 29.4 Å². The van der Waals surface area contributed by atoms with Gasteiger partial charge in [-0.05, 0) is 37.1 Å². The second kappa shape index (κ2) is 8.54. The predicted molar refractivity (Wildman–Crippen MR) is 112 cm³/mol. The van der Waals surface area contributed by atoms with E-state index in [-0.39, 0.29) is 40.5 Å². The third kappa shape index (κ3) is 3.92. The quantitative estimate of drug-likeness (QED) is 0.171. The first-order valence-corrected chi connectivity index (χ1v) is 9.94. The smallest absolute Gasteiger partial charge is 0.338 e. The van der Waals surface area contributed by atoms with Crippen LogP contribution in [0, 0.1) is 22.0 Å². The van der Waals surface area contributed by atoms with E-state index in [2.05, 4.69) is 0 Å². The minimum absolute atomic E-state index is 0.0596. The molecule has 9 heteroatoms. The fourth-order valence-electron chi connectivity index (χ4n) is 3.89. The van der Waals surface area contributed by atoms with Gasteiger partial charge in [0.2, 0.25) is 17.6 Å². The van der Waals surface area contributed by atoms with Gasteiger partial charge in [-0.25, -0.2) is 4.79 Å². The molecule has 2 aliphatic rings. The number of fused-ring (bicyclic) bond motifs is 1. The van der Waals surface area contributed by atoms with Crippen LogP contribution in [0.3, 0.4) is 0 Å². The Kier molecular flexibility index (Phi) is 5.63. The molecule has 0 N–H and O–H groups in total. The number of Topliss-reactive ketones (excluding diaryl/α,β-unsaturated/α-hetero) is 1. The van der Waals surface area contributed by atoms with Gasteiger partial charge in [-0.2, -0.15) is 0 Å². The van der Waals surface area contributed by atoms with Crippen molar-refractivity contribution >= 4 is 34.9 Å². The molecule has 1 saturated heterocycles. The van der Waals surface area contributed by atoms with Gasteiger partial charge in [0.15, 0.2) is 6.61 Å². The standard InChI is InChI=1S/C23H18N2O7/c26-20(15-4-3-5-17(12-15)25(30)31)13-32-23(29)14-8-10-16(11-9-14)24-21(27)18-6-1-2-7-19(18)22(24)28/h1-5,8-12,18-19H,6-7,13H2/t18-,19-/m0/s1. The Bertz CT molecular complexity index is 1130. The average Bonchev–Trinajstić information content (AvgIpc) is 3.07. The highest BCUT2D eigenvalue weighted by molar-refractivity contribution is 6.22. The maximum absolute atomic E-state index is 12.6. The van der Waals surface area contributed by atoms with Crippen molar-refractivity contribution in [3.8, 4) is 0 Å². The number of hydrogen-bond acceptors (Lipinski definition) is 7. The van der Waals surface area contributed by atoms with Crippen LogP contribution in [0.5, 0.6) is 0 Å². The molecule has 32 heavy (non-hydrogen) atoms. The van der Waals surface area contributed by atoms with Crippen LogP contribution >= 0.6 is 0 Å². The van der Waals surface area contributed by atoms with Crippen molar-refractivity contribution in [3.05, 3.63) is 81.9 Å². The number of amides is 2. The number of anilines is 1. The van der Waals surface area contributed by atoms with Gasteiger partial charge in [0.1, 0.15) is 0 Å². The molecule has 2 aromatic carbocycles. The van der Waals surface area contributed by atoms with Gasteiger partial charge in [0.05, 0.1) is 28.0 Å². The zero-order chi connectivity index (χ0) is 22.8. The molecule has 4 rings (SSSR count). The Morgan fingerprint density at radius 3 is 2.19 bits per heavy atom. The zero-order valence-corrected chi connectivity index (χ0v) is 16.8. The number of esters is 1. The van der Waals surface area contributed by atoms with Crippen molar-refractivity contribution in [2.24, 2.45) is 11.8 Å². The van der Waals surface area contributed by atoms with Crippen molar-refractivity contribution in [1.29, 1.82) is 0 Å². The number of nitro benzene ring substituents is 1. The molecule has 1 aliphatic carbocycles. The van der Waals surface area contributed by atoms with E-state index < -0.39 is 23.3 Å². The lowest BCUT2D eigenvalue weighted by molar-refractivity contribution is -0.384. The van der Waals surface area contributed by atoms with Crippen molar-refractivity contribution < 1.29 is 28.8 Å². The van der Waals surface area contributed by atoms with Crippen molar-refractivity contribution in [1.82, 2.24) is 0 Å². The van der Waals surface area contributed by atoms with E-state index in [1.54, 1.807) is 0 Å². The summed E-state index contributed by atoms with van der Waals surface area (Å²) in [7, 11) is 0. The van der Waals surface area contributed by atoms with Crippen LogP contribution < -0.4 is 4.90 Å². The van der Waals surface area contributed by atoms with Crippen LogP contribution in [-0.4, -0.2) is 35.1 Å². The molecule has 2 amide bonds. The molecule has 2 aromatic rings. The molecule has 0 bridgehead atoms. The highest BCUT2D eigenvalue weighted by Crippen LogP contribution is 2.37. The first-order chi connectivity index (χ1) is 15.4. The van der Waals surface area contributed by atoms with E-state index in [1.165, 1.54) is 42.5 Å². The fourth-order valence-corrected chi connectivity index (χ4v) is 3.89. The van der Waals surface area contributed by atoms with Crippen LogP contribution in [0.1, 0.15) is 33.6 Å². The summed E-state index contributed by atoms with van der Waals surface area (Å²) in [6.45, 7) is -0.582. The third-order valence-electron chi connectivity index (χ3n) is 5.58. The van der Waals surface area contributed by atoms with Gasteiger partial charge < -0.3 is 4.74 Å². The minimum atomic E-state index is -0.771. The average molecular weight is 434 g/mol. The van der Waals surface area contributed by atoms with Gasteiger partial charge in [0.25, 0.3) is 5.69 Å². The molecular weight excluding hydrogens is 416 g/mol. The van der Waals surface area contributed by atoms with E-state index >= 15 is 0 Å². The number of ether oxygens (including phenoxy) is 1. The van der Waals surface area contributed by atoms with Crippen LogP contribution in [0.4, 0.5) is 11.4 Å². The molecule has 0 radical (unpaired) electrons. The van der Waals surface area contributed by atoms with Crippen molar-refractivity contribution in [2.45, 2.75) is 12.8 Å². The number of carbonyl (C=O) groups excluding carboxylic acids is 4. The second-order valence-corrected chi connectivity index (χ2v) is 7.52. The maximum atomic E-state index is 12.6. The minimum Gasteiger partial charge on any atom is -0.454 e. The lowest BCUT2D eigenvalue weighted by atomic mass is 9.85. The Balaban J connectivity index is 1.40. The van der Waals surface area contributed by atoms with Gasteiger partial charge in [0, 0.05) is 17.7 Å². The summed E-state index contributed by atoms with van der Waals surface area (Å²) in [6, 6.07) is 10.9. The molecular formula is C23H18N2O7. The second-order valence-electron chi connectivity index (χ2n) is 7.52. The highest BCUT2D eigenvalue weighted by atomic mass is 16.6. The number of rotatable bonds is 6. The molecule has 2 atom stereocenters. The summed E-state index contributed by atoms with van der Waals surface area (Å²) in [5.41, 5.74) is 0.334. The fraction of sp³-hybridized carbons (Fsp3) is 0.217. The Labute approximate surface area is 182 Å². The Morgan fingerprint density at radius 1 is 0.969 bits per heavy atom. The van der Waals surface area contributed by atoms with Gasteiger partial charge in [-0.1, -0.05) is 24.3 Å². The number of non-ortho nitro benzene ring substituents is 1. The van der Waals surface area contributed by atoms with Crippen LogP contribution in [0.15, 0.2) is 60.7 Å². The molecule has 0 spiro atoms. The first-order valence-electron chi connectivity index (χ1n) is 9.94. The molecule has 9 nitrogen and oxygen atoms in total. The van der Waals surface area contributed by atoms with E-state index in [9.17, 15) is 29.3 Å². The molecule has 0 saturated carbocycles. The molecule has 0 aromatic heterocycles. The zero-order valence-electron chi connectivity index (χ0n) is 16.8. The summed E-state index contributed by atoms with van der Waals surface area (Å²) >= 11 is 0. The topological polar surface area (TPSA) is 124 Å². The van der Waals surface area contributed by atoms with Gasteiger partial charge >= 0.3 is 5.97 Å². The first kappa shape index (κ1) is 21.1. The molecule has 1 heterocycles. The number of imide groups is 1. The molecule has 1 aliphatic heterocycles. The van der Waals surface area contributed by atoms with E-state index in [4.69, 9.17) is 4.74 Å². The highest BCUT2D eigenvalue weighted by Gasteiger charge is 2.47. The number of allylic oxidation sites excluding steroid dienone is 2. The SMILES string of the molecule is O=C(COC(=O)c1ccc(N2C(=O)[C@H]3CC=CC[C@@H]3C2=O)cc1)c1cccc([N+](=O)[O-])c1. The molecule has 0 unspecified atom stereocenters. The summed E-state index contributed by atoms with van der Waals surface area (Å²) in [5.74, 6) is -2.55. The van der Waals surface area contributed by atoms with E-state index in [0.29, 0.717) is 18.5 Å². The summed E-state index contributed by atoms with van der Waals surface area (Å²) in [6.07, 6.45) is 4.89. The molecule has 162 valence electrons. The van der Waals surface area contributed by atoms with Crippen molar-refractivity contribution in [3.63, 3.8) is 0 Å². The summed E-state index contributed by atoms with van der Waals surface area (Å²) < 4.78 is 5.02. The summed E-state index contributed by atoms with van der Waals surface area (Å²) in [5, 5.41) is 10.8. The summed E-state index contributed by atoms with van der Waals surface area (Å²) in [4.78, 5) is 61.1. The number of benzene rings is 2. The van der Waals surface area contributed by atoms with Crippen LogP contribution in [-0.2, 0) is 14.3 Å². The lowest BCUT2D eigenvalue weighted by Crippen LogP contribution is -2.30. The molecule has 1 fully saturated rings. The van der Waals surface area contributed by atoms with Crippen molar-refractivity contribution in [2.75, 3.05) is 11.5 Å². The number of nitrogens with zero attached hydrogens (tertiary/aromatic N) is 2. The van der Waals surface area contributed by atoms with Crippen LogP contribution in [0.25, 0.3) is 0 Å². The largest absolute Gasteiger partial charge is 0.454 e. The Hall–Kier alpha value is -4.14. The third-order valence-corrected chi connectivity index (χ3v) is 5.58. The van der Waals surface area contributed by atoms with E-state index in [0.717, 1.165) is 11.0 Å². The number of nitro groups is 1. The maximum Gasteiger partial charge on any atom is 0.338 e. The Morgan fingerprint density at radius 2 is 1.59 bits per heavy atom. The normalized spacial score (nSPS) is 19.6. The monoisotopic (exact) mass is 434 g/mol. The van der Waals surface area contributed by atoms with E-state index in [1.807, 2.05) is 12.2 Å². The predicted octanol–water partition coefficient (Wildman–Crippen LogP) is 3.09.